The first-order valence-electron chi connectivity index (χ1n) is 5.14. The molecule has 0 amide bonds. The topological polar surface area (TPSA) is 107 Å². The second kappa shape index (κ2) is 6.64. The maximum absolute atomic E-state index is 11.8. The van der Waals surface area contributed by atoms with Crippen LogP contribution in [-0.2, 0) is 28.9 Å². The van der Waals surface area contributed by atoms with Gasteiger partial charge in [0.1, 0.15) is 4.90 Å². The van der Waals surface area contributed by atoms with Gasteiger partial charge in [0.25, 0.3) is 0 Å². The Hall–Kier alpha value is -2.45. The summed E-state index contributed by atoms with van der Waals surface area (Å²) in [7, 11) is -4.33. The van der Waals surface area contributed by atoms with Crippen LogP contribution in [0.4, 0.5) is 0 Å². The molecule has 0 atom stereocenters. The first-order chi connectivity index (χ1) is 9.36. The molecule has 0 saturated heterocycles. The first-order valence-corrected chi connectivity index (χ1v) is 6.55. The van der Waals surface area contributed by atoms with Crippen LogP contribution in [0.3, 0.4) is 0 Å². The fraction of sp³-hybridized carbons (Fsp3) is 0. The van der Waals surface area contributed by atoms with Gasteiger partial charge in [-0.25, -0.2) is 9.59 Å². The molecule has 0 fully saturated rings. The highest BCUT2D eigenvalue weighted by molar-refractivity contribution is 7.86. The Morgan fingerprint density at radius 1 is 1.20 bits per heavy atom. The van der Waals surface area contributed by atoms with Crippen LogP contribution in [-0.4, -0.2) is 25.5 Å². The van der Waals surface area contributed by atoms with Crippen LogP contribution < -0.4 is 0 Å². The van der Waals surface area contributed by atoms with E-state index in [4.69, 9.17) is 5.11 Å². The van der Waals surface area contributed by atoms with Crippen LogP contribution in [0.2, 0.25) is 0 Å². The van der Waals surface area contributed by atoms with Crippen LogP contribution in [0.25, 0.3) is 6.08 Å². The van der Waals surface area contributed by atoms with Crippen molar-refractivity contribution in [3.05, 3.63) is 48.6 Å². The number of benzene rings is 1. The lowest BCUT2D eigenvalue weighted by atomic mass is 10.2. The summed E-state index contributed by atoms with van der Waals surface area (Å²) < 4.78 is 27.6. The third-order valence-electron chi connectivity index (χ3n) is 1.98. The van der Waals surface area contributed by atoms with E-state index in [1.165, 1.54) is 24.3 Å². The highest BCUT2D eigenvalue weighted by Gasteiger charge is 2.21. The third kappa shape index (κ3) is 4.34. The number of carboxylic acids is 1. The van der Waals surface area contributed by atoms with Crippen LogP contribution >= 0.6 is 0 Å². The quantitative estimate of drug-likeness (QED) is 0.476. The number of hydrogen-bond acceptors (Lipinski definition) is 6. The van der Waals surface area contributed by atoms with Gasteiger partial charge >= 0.3 is 22.1 Å². The lowest BCUT2D eigenvalue weighted by molar-refractivity contribution is -0.204. The Kier molecular flexibility index (Phi) is 5.18. The summed E-state index contributed by atoms with van der Waals surface area (Å²) in [6.07, 6.45) is 2.29. The Morgan fingerprint density at radius 2 is 1.85 bits per heavy atom. The third-order valence-corrected chi connectivity index (χ3v) is 3.13. The maximum atomic E-state index is 11.8. The van der Waals surface area contributed by atoms with Crippen molar-refractivity contribution in [2.45, 2.75) is 4.90 Å². The number of carboxylic acid groups (broad SMARTS) is 1. The van der Waals surface area contributed by atoms with E-state index in [0.29, 0.717) is 12.2 Å². The largest absolute Gasteiger partial charge is 0.478 e. The lowest BCUT2D eigenvalue weighted by Gasteiger charge is -2.05. The van der Waals surface area contributed by atoms with Gasteiger partial charge in [-0.2, -0.15) is 8.42 Å². The van der Waals surface area contributed by atoms with Gasteiger partial charge in [0.2, 0.25) is 0 Å². The molecule has 0 unspecified atom stereocenters. The molecule has 7 nitrogen and oxygen atoms in total. The highest BCUT2D eigenvalue weighted by atomic mass is 32.2. The summed E-state index contributed by atoms with van der Waals surface area (Å²) in [6.45, 7) is 3.44. The number of aliphatic carboxylic acids is 1. The monoisotopic (exact) mass is 298 g/mol. The Morgan fingerprint density at radius 3 is 2.45 bits per heavy atom. The average Bonchev–Trinajstić information content (AvgIpc) is 2.43. The molecule has 0 saturated carbocycles. The van der Waals surface area contributed by atoms with Crippen molar-refractivity contribution in [1.29, 1.82) is 0 Å². The zero-order chi connectivity index (χ0) is 15.2. The smallest absolute Gasteiger partial charge is 0.367 e. The summed E-state index contributed by atoms with van der Waals surface area (Å²) in [6, 6.07) is 5.77. The summed E-state index contributed by atoms with van der Waals surface area (Å²) in [5, 5.41) is 8.27. The van der Waals surface area contributed by atoms with Crippen LogP contribution in [0.5, 0.6) is 0 Å². The number of rotatable bonds is 6. The van der Waals surface area contributed by atoms with Gasteiger partial charge in [-0.3, -0.25) is 4.89 Å². The van der Waals surface area contributed by atoms with Crippen LogP contribution in [0.15, 0.2) is 47.9 Å². The standard InChI is InChI=1S/C12H10O7S/c1-2-9-5-3-4-6-10(9)20(16,17)19-18-12(15)8-7-11(13)14/h2-8H,1H2,(H,13,14)/b8-7-. The second-order valence-corrected chi connectivity index (χ2v) is 4.82. The fourth-order valence-electron chi connectivity index (χ4n) is 1.16. The molecule has 20 heavy (non-hydrogen) atoms. The molecule has 1 aromatic rings. The fourth-order valence-corrected chi connectivity index (χ4v) is 2.07. The molecule has 0 radical (unpaired) electrons. The van der Waals surface area contributed by atoms with E-state index >= 15 is 0 Å². The van der Waals surface area contributed by atoms with Crippen molar-refractivity contribution in [1.82, 2.24) is 0 Å². The van der Waals surface area contributed by atoms with Crippen LogP contribution in [0, 0.1) is 0 Å². The normalized spacial score (nSPS) is 11.2. The zero-order valence-corrected chi connectivity index (χ0v) is 10.9. The molecule has 0 aromatic heterocycles. The molecule has 0 aliphatic heterocycles. The summed E-state index contributed by atoms with van der Waals surface area (Å²) in [5.74, 6) is -2.66. The van der Waals surface area contributed by atoms with Crippen molar-refractivity contribution < 1.29 is 32.3 Å². The molecular formula is C12H10O7S. The van der Waals surface area contributed by atoms with Gasteiger partial charge < -0.3 is 5.11 Å². The number of hydrogen-bond donors (Lipinski definition) is 1. The molecular weight excluding hydrogens is 288 g/mol. The molecule has 0 spiro atoms. The molecule has 1 aromatic carbocycles. The number of carbonyl (C=O) groups is 2. The van der Waals surface area contributed by atoms with Gasteiger partial charge in [0, 0.05) is 12.2 Å². The van der Waals surface area contributed by atoms with E-state index in [2.05, 4.69) is 15.8 Å². The summed E-state index contributed by atoms with van der Waals surface area (Å²) >= 11 is 0. The minimum absolute atomic E-state index is 0.231. The van der Waals surface area contributed by atoms with Crippen molar-refractivity contribution in [3.8, 4) is 0 Å². The van der Waals surface area contributed by atoms with Crippen molar-refractivity contribution in [2.24, 2.45) is 0 Å². The predicted molar refractivity (Wildman–Crippen MR) is 67.7 cm³/mol. The van der Waals surface area contributed by atoms with E-state index in [-0.39, 0.29) is 10.5 Å². The number of carbonyl (C=O) groups excluding carboxylic acids is 1. The first kappa shape index (κ1) is 15.6. The Balaban J connectivity index is 2.83. The molecule has 0 bridgehead atoms. The van der Waals surface area contributed by atoms with Gasteiger partial charge in [-0.15, -0.1) is 0 Å². The molecule has 0 aliphatic rings. The minimum Gasteiger partial charge on any atom is -0.478 e. The SMILES string of the molecule is C=Cc1ccccc1S(=O)(=O)OOC(=O)/C=C\C(=O)O. The molecule has 0 aliphatic carbocycles. The molecule has 1 N–H and O–H groups in total. The van der Waals surface area contributed by atoms with Gasteiger partial charge in [0.05, 0.1) is 0 Å². The van der Waals surface area contributed by atoms with E-state index in [9.17, 15) is 18.0 Å². The van der Waals surface area contributed by atoms with E-state index in [1.807, 2.05) is 0 Å². The molecule has 1 rings (SSSR count). The highest BCUT2D eigenvalue weighted by Crippen LogP contribution is 2.19. The summed E-state index contributed by atoms with van der Waals surface area (Å²) in [4.78, 5) is 24.9. The van der Waals surface area contributed by atoms with E-state index < -0.39 is 22.1 Å². The van der Waals surface area contributed by atoms with Gasteiger partial charge in [-0.1, -0.05) is 30.9 Å². The lowest BCUT2D eigenvalue weighted by Crippen LogP contribution is -2.12. The van der Waals surface area contributed by atoms with E-state index in [1.54, 1.807) is 6.07 Å². The minimum atomic E-state index is -4.33. The van der Waals surface area contributed by atoms with Gasteiger partial charge in [0.15, 0.2) is 0 Å². The average molecular weight is 298 g/mol. The molecule has 8 heteroatoms. The maximum Gasteiger partial charge on any atom is 0.367 e. The molecule has 106 valence electrons. The van der Waals surface area contributed by atoms with Crippen molar-refractivity contribution in [3.63, 3.8) is 0 Å². The predicted octanol–water partition coefficient (Wildman–Crippen LogP) is 1.13. The summed E-state index contributed by atoms with van der Waals surface area (Å²) in [5.41, 5.74) is 0.268. The van der Waals surface area contributed by atoms with Crippen molar-refractivity contribution >= 4 is 28.1 Å². The van der Waals surface area contributed by atoms with Gasteiger partial charge in [-0.05, 0) is 16.0 Å². The molecule has 0 heterocycles. The second-order valence-electron chi connectivity index (χ2n) is 3.34. The Labute approximate surface area is 114 Å². The van der Waals surface area contributed by atoms with E-state index in [0.717, 1.165) is 0 Å². The zero-order valence-electron chi connectivity index (χ0n) is 10.1. The van der Waals surface area contributed by atoms with Crippen molar-refractivity contribution in [2.75, 3.05) is 0 Å². The van der Waals surface area contributed by atoms with Crippen LogP contribution in [0.1, 0.15) is 5.56 Å². The Bertz CT molecular complexity index is 658.